The van der Waals surface area contributed by atoms with Crippen LogP contribution in [-0.4, -0.2) is 19.7 Å². The smallest absolute Gasteiger partial charge is 0.297 e. The first kappa shape index (κ1) is 20.8. The molecular weight excluding hydrogens is 415 g/mol. The average Bonchev–Trinajstić information content (AvgIpc) is 3.28. The number of nitrogens with zero attached hydrogens (tertiary/aromatic N) is 3. The van der Waals surface area contributed by atoms with Crippen LogP contribution in [0.5, 0.6) is 0 Å². The Hall–Kier alpha value is -3.49. The summed E-state index contributed by atoms with van der Waals surface area (Å²) in [4.78, 5) is 4.37. The number of halogens is 5. The molecule has 4 nitrogen and oxygen atoms in total. The molecule has 0 spiro atoms. The van der Waals surface area contributed by atoms with Gasteiger partial charge in [-0.1, -0.05) is 17.7 Å². The van der Waals surface area contributed by atoms with Crippen molar-refractivity contribution in [2.75, 3.05) is 0 Å². The van der Waals surface area contributed by atoms with Gasteiger partial charge in [-0.25, -0.2) is 13.8 Å². The molecule has 0 radical (unpaired) electrons. The second-order valence-corrected chi connectivity index (χ2v) is 7.36. The maximum absolute atomic E-state index is 14.4. The number of aryl methyl sites for hydroxylation is 3. The fourth-order valence-corrected chi connectivity index (χ4v) is 3.69. The van der Waals surface area contributed by atoms with Gasteiger partial charge in [-0.05, 0) is 50.1 Å². The SMILES string of the molecule is Cc1cc(C)c(-n2cc(-c3ccc(F)cc3F)nc2-c2cc(C(F)(F)F)[nH]n2)c(C)c1. The van der Waals surface area contributed by atoms with Crippen molar-refractivity contribution in [2.45, 2.75) is 26.9 Å². The Morgan fingerprint density at radius 3 is 2.16 bits per heavy atom. The van der Waals surface area contributed by atoms with Gasteiger partial charge >= 0.3 is 6.18 Å². The molecule has 0 aliphatic rings. The Balaban J connectivity index is 1.97. The number of benzene rings is 2. The van der Waals surface area contributed by atoms with Gasteiger partial charge in [-0.2, -0.15) is 18.3 Å². The van der Waals surface area contributed by atoms with E-state index in [1.165, 1.54) is 12.3 Å². The number of rotatable bonds is 3. The Bertz CT molecular complexity index is 1260. The number of nitrogens with one attached hydrogen (secondary N) is 1. The minimum Gasteiger partial charge on any atom is -0.297 e. The maximum atomic E-state index is 14.4. The summed E-state index contributed by atoms with van der Waals surface area (Å²) >= 11 is 0. The molecule has 0 saturated heterocycles. The lowest BCUT2D eigenvalue weighted by molar-refractivity contribution is -0.141. The van der Waals surface area contributed by atoms with Crippen LogP contribution in [-0.2, 0) is 6.18 Å². The Labute approximate surface area is 174 Å². The van der Waals surface area contributed by atoms with E-state index in [4.69, 9.17) is 0 Å². The van der Waals surface area contributed by atoms with Crippen LogP contribution < -0.4 is 0 Å². The molecule has 4 aromatic rings. The predicted octanol–water partition coefficient (Wildman–Crippen LogP) is 6.15. The van der Waals surface area contributed by atoms with E-state index >= 15 is 0 Å². The third-order valence-electron chi connectivity index (χ3n) is 4.90. The second kappa shape index (κ2) is 7.33. The Morgan fingerprint density at radius 2 is 1.58 bits per heavy atom. The van der Waals surface area contributed by atoms with E-state index in [0.717, 1.165) is 34.9 Å². The third-order valence-corrected chi connectivity index (χ3v) is 4.90. The largest absolute Gasteiger partial charge is 0.432 e. The molecule has 0 bridgehead atoms. The molecule has 2 aromatic carbocycles. The second-order valence-electron chi connectivity index (χ2n) is 7.36. The zero-order chi connectivity index (χ0) is 22.5. The van der Waals surface area contributed by atoms with Gasteiger partial charge in [-0.3, -0.25) is 9.67 Å². The minimum atomic E-state index is -4.61. The molecule has 160 valence electrons. The van der Waals surface area contributed by atoms with Crippen molar-refractivity contribution < 1.29 is 22.0 Å². The van der Waals surface area contributed by atoms with Gasteiger partial charge in [0, 0.05) is 17.8 Å². The highest BCUT2D eigenvalue weighted by molar-refractivity contribution is 5.67. The van der Waals surface area contributed by atoms with Crippen LogP contribution >= 0.6 is 0 Å². The fraction of sp³-hybridized carbons (Fsp3) is 0.182. The standard InChI is InChI=1S/C22H17F5N4/c1-11-6-12(2)20(13(3)7-11)31-10-18(15-5-4-14(23)8-16(15)24)28-21(31)17-9-19(30-29-17)22(25,26)27/h4-10H,1-3H3,(H,29,30). The van der Waals surface area contributed by atoms with Crippen molar-refractivity contribution in [3.8, 4) is 28.5 Å². The van der Waals surface area contributed by atoms with E-state index in [1.54, 1.807) is 4.57 Å². The molecule has 0 amide bonds. The Kier molecular flexibility index (Phi) is 4.91. The summed E-state index contributed by atoms with van der Waals surface area (Å²) in [5.74, 6) is -1.47. The molecule has 0 atom stereocenters. The quantitative estimate of drug-likeness (QED) is 0.395. The number of hydrogen-bond acceptors (Lipinski definition) is 2. The molecule has 2 aromatic heterocycles. The monoisotopic (exact) mass is 432 g/mol. The van der Waals surface area contributed by atoms with Crippen molar-refractivity contribution in [1.82, 2.24) is 19.7 Å². The van der Waals surface area contributed by atoms with Crippen LogP contribution in [0.1, 0.15) is 22.4 Å². The summed E-state index contributed by atoms with van der Waals surface area (Å²) in [5, 5.41) is 5.75. The summed E-state index contributed by atoms with van der Waals surface area (Å²) in [7, 11) is 0. The van der Waals surface area contributed by atoms with E-state index in [-0.39, 0.29) is 22.8 Å². The number of aromatic nitrogens is 4. The molecule has 4 rings (SSSR count). The maximum Gasteiger partial charge on any atom is 0.432 e. The lowest BCUT2D eigenvalue weighted by Crippen LogP contribution is -2.04. The highest BCUT2D eigenvalue weighted by Crippen LogP contribution is 2.34. The van der Waals surface area contributed by atoms with E-state index in [0.29, 0.717) is 5.69 Å². The summed E-state index contributed by atoms with van der Waals surface area (Å²) in [5.41, 5.74) is 2.51. The lowest BCUT2D eigenvalue weighted by Gasteiger charge is -2.14. The topological polar surface area (TPSA) is 46.5 Å². The zero-order valence-electron chi connectivity index (χ0n) is 16.8. The molecule has 9 heteroatoms. The Morgan fingerprint density at radius 1 is 0.903 bits per heavy atom. The normalized spacial score (nSPS) is 11.9. The van der Waals surface area contributed by atoms with Gasteiger partial charge in [0.25, 0.3) is 0 Å². The summed E-state index contributed by atoms with van der Waals surface area (Å²) in [6.07, 6.45) is -3.09. The molecule has 31 heavy (non-hydrogen) atoms. The van der Waals surface area contributed by atoms with Crippen molar-refractivity contribution in [2.24, 2.45) is 0 Å². The van der Waals surface area contributed by atoms with Crippen LogP contribution in [0, 0.1) is 32.4 Å². The van der Waals surface area contributed by atoms with Crippen LogP contribution in [0.25, 0.3) is 28.5 Å². The van der Waals surface area contributed by atoms with Crippen molar-refractivity contribution >= 4 is 0 Å². The van der Waals surface area contributed by atoms with Gasteiger partial charge in [0.15, 0.2) is 5.82 Å². The molecule has 0 aliphatic heterocycles. The van der Waals surface area contributed by atoms with Crippen molar-refractivity contribution in [1.29, 1.82) is 0 Å². The molecule has 0 unspecified atom stereocenters. The molecule has 0 fully saturated rings. The first-order valence-corrected chi connectivity index (χ1v) is 9.30. The van der Waals surface area contributed by atoms with Crippen molar-refractivity contribution in [3.63, 3.8) is 0 Å². The predicted molar refractivity (Wildman–Crippen MR) is 106 cm³/mol. The zero-order valence-corrected chi connectivity index (χ0v) is 16.8. The van der Waals surface area contributed by atoms with Gasteiger partial charge in [0.2, 0.25) is 0 Å². The van der Waals surface area contributed by atoms with E-state index in [2.05, 4.69) is 10.1 Å². The van der Waals surface area contributed by atoms with E-state index in [9.17, 15) is 22.0 Å². The third kappa shape index (κ3) is 3.83. The molecular formula is C22H17F5N4. The van der Waals surface area contributed by atoms with Gasteiger partial charge in [0.05, 0.1) is 11.4 Å². The lowest BCUT2D eigenvalue weighted by atomic mass is 10.0. The molecule has 2 heterocycles. The van der Waals surface area contributed by atoms with Gasteiger partial charge in [0.1, 0.15) is 23.0 Å². The van der Waals surface area contributed by atoms with Gasteiger partial charge in [-0.15, -0.1) is 0 Å². The fourth-order valence-electron chi connectivity index (χ4n) is 3.69. The van der Waals surface area contributed by atoms with Crippen LogP contribution in [0.2, 0.25) is 0 Å². The number of imidazole rings is 1. The van der Waals surface area contributed by atoms with E-state index < -0.39 is 23.5 Å². The van der Waals surface area contributed by atoms with E-state index in [1.807, 2.05) is 38.0 Å². The summed E-state index contributed by atoms with van der Waals surface area (Å²) < 4.78 is 68.6. The first-order valence-electron chi connectivity index (χ1n) is 9.30. The molecule has 0 saturated carbocycles. The average molecular weight is 432 g/mol. The summed E-state index contributed by atoms with van der Waals surface area (Å²) in [6.45, 7) is 5.66. The minimum absolute atomic E-state index is 0.0235. The molecule has 0 aliphatic carbocycles. The highest BCUT2D eigenvalue weighted by atomic mass is 19.4. The van der Waals surface area contributed by atoms with Crippen LogP contribution in [0.4, 0.5) is 22.0 Å². The van der Waals surface area contributed by atoms with Crippen LogP contribution in [0.15, 0.2) is 42.6 Å². The number of hydrogen-bond donors (Lipinski definition) is 1. The number of aromatic amines is 1. The number of alkyl halides is 3. The first-order chi connectivity index (χ1) is 14.5. The summed E-state index contributed by atoms with van der Waals surface area (Å²) in [6, 6.07) is 7.76. The van der Waals surface area contributed by atoms with Gasteiger partial charge < -0.3 is 0 Å². The highest BCUT2D eigenvalue weighted by Gasteiger charge is 2.34. The van der Waals surface area contributed by atoms with Crippen LogP contribution in [0.3, 0.4) is 0 Å². The van der Waals surface area contributed by atoms with Crippen molar-refractivity contribution in [3.05, 3.63) is 76.6 Å². The number of H-pyrrole nitrogens is 1. The molecule has 1 N–H and O–H groups in total.